The Balaban J connectivity index is 0.000000298. The van der Waals surface area contributed by atoms with E-state index in [1.165, 1.54) is 56.4 Å². The molecular formula is C22H27F3N2O2. The number of likely N-dealkylation sites (tertiary alicyclic amines) is 1. The molecule has 1 saturated heterocycles. The second-order valence-corrected chi connectivity index (χ2v) is 7.89. The molecule has 1 aliphatic carbocycles. The number of aliphatic carboxylic acids is 1. The molecule has 2 aliphatic rings. The first kappa shape index (κ1) is 21.4. The zero-order chi connectivity index (χ0) is 20.9. The molecule has 2 heterocycles. The lowest BCUT2D eigenvalue weighted by Crippen LogP contribution is -2.41. The standard InChI is InChI=1S/C20H26N2.C2HF3O2/c1-2-6-19-16-21(14-11-18(19)5-1)15-17-7-9-20(10-8-17)22-12-3-4-13-22;3-2(4,5)1(6)7/h3-4,7-10,12-13,18-19H,1-2,5-6,11,14-16H2;(H,6,7). The van der Waals surface area contributed by atoms with E-state index in [-0.39, 0.29) is 0 Å². The van der Waals surface area contributed by atoms with Gasteiger partial charge in [-0.2, -0.15) is 13.2 Å². The molecule has 1 aromatic heterocycles. The lowest BCUT2D eigenvalue weighted by molar-refractivity contribution is -0.192. The van der Waals surface area contributed by atoms with Gasteiger partial charge in [0.1, 0.15) is 0 Å². The molecule has 1 saturated carbocycles. The number of benzene rings is 1. The van der Waals surface area contributed by atoms with Crippen LogP contribution in [0.15, 0.2) is 48.8 Å². The zero-order valence-corrected chi connectivity index (χ0v) is 16.3. The summed E-state index contributed by atoms with van der Waals surface area (Å²) in [5.74, 6) is -0.754. The largest absolute Gasteiger partial charge is 0.490 e. The minimum Gasteiger partial charge on any atom is -0.475 e. The van der Waals surface area contributed by atoms with Gasteiger partial charge in [0.25, 0.3) is 0 Å². The summed E-state index contributed by atoms with van der Waals surface area (Å²) in [6, 6.07) is 13.2. The summed E-state index contributed by atoms with van der Waals surface area (Å²) >= 11 is 0. The van der Waals surface area contributed by atoms with Gasteiger partial charge >= 0.3 is 12.1 Å². The van der Waals surface area contributed by atoms with E-state index in [2.05, 4.69) is 58.3 Å². The summed E-state index contributed by atoms with van der Waals surface area (Å²) in [7, 11) is 0. The molecule has 0 spiro atoms. The van der Waals surface area contributed by atoms with Crippen molar-refractivity contribution in [3.8, 4) is 5.69 Å². The van der Waals surface area contributed by atoms with Crippen molar-refractivity contribution in [2.45, 2.75) is 44.8 Å². The maximum atomic E-state index is 10.6. The summed E-state index contributed by atoms with van der Waals surface area (Å²) in [4.78, 5) is 11.6. The van der Waals surface area contributed by atoms with Gasteiger partial charge in [0.2, 0.25) is 0 Å². The fourth-order valence-electron chi connectivity index (χ4n) is 4.36. The average Bonchev–Trinajstić information content (AvgIpc) is 3.23. The van der Waals surface area contributed by atoms with Crippen LogP contribution in [0.2, 0.25) is 0 Å². The van der Waals surface area contributed by atoms with E-state index in [9.17, 15) is 13.2 Å². The van der Waals surface area contributed by atoms with Gasteiger partial charge in [0, 0.05) is 31.2 Å². The van der Waals surface area contributed by atoms with Gasteiger partial charge in [0.05, 0.1) is 0 Å². The van der Waals surface area contributed by atoms with Crippen molar-refractivity contribution in [2.75, 3.05) is 13.1 Å². The number of rotatable bonds is 3. The summed E-state index contributed by atoms with van der Waals surface area (Å²) in [6.45, 7) is 3.74. The summed E-state index contributed by atoms with van der Waals surface area (Å²) in [5.41, 5.74) is 2.70. The maximum absolute atomic E-state index is 10.6. The number of carboxylic acid groups (broad SMARTS) is 1. The molecule has 0 amide bonds. The highest BCUT2D eigenvalue weighted by molar-refractivity contribution is 5.73. The Labute approximate surface area is 168 Å². The van der Waals surface area contributed by atoms with Crippen LogP contribution >= 0.6 is 0 Å². The second-order valence-electron chi connectivity index (χ2n) is 7.89. The number of halogens is 3. The van der Waals surface area contributed by atoms with Crippen molar-refractivity contribution >= 4 is 5.97 Å². The molecule has 2 unspecified atom stereocenters. The van der Waals surface area contributed by atoms with Gasteiger partial charge in [0.15, 0.2) is 0 Å². The first-order valence-corrected chi connectivity index (χ1v) is 10.1. The van der Waals surface area contributed by atoms with E-state index < -0.39 is 12.1 Å². The number of hydrogen-bond donors (Lipinski definition) is 1. The molecule has 2 atom stereocenters. The number of nitrogens with zero attached hydrogens (tertiary/aromatic N) is 2. The van der Waals surface area contributed by atoms with Crippen LogP contribution in [-0.2, 0) is 11.3 Å². The van der Waals surface area contributed by atoms with Gasteiger partial charge in [-0.3, -0.25) is 4.90 Å². The van der Waals surface area contributed by atoms with E-state index in [0.29, 0.717) is 0 Å². The van der Waals surface area contributed by atoms with Crippen molar-refractivity contribution in [1.82, 2.24) is 9.47 Å². The Bertz CT molecular complexity index is 772. The van der Waals surface area contributed by atoms with Crippen LogP contribution in [0.5, 0.6) is 0 Å². The third-order valence-electron chi connectivity index (χ3n) is 5.86. The lowest BCUT2D eigenvalue weighted by atomic mass is 9.75. The van der Waals surface area contributed by atoms with E-state index in [1.54, 1.807) is 0 Å². The van der Waals surface area contributed by atoms with Crippen LogP contribution < -0.4 is 0 Å². The highest BCUT2D eigenvalue weighted by atomic mass is 19.4. The monoisotopic (exact) mass is 408 g/mol. The first-order chi connectivity index (χ1) is 13.8. The predicted octanol–water partition coefficient (Wildman–Crippen LogP) is 5.12. The van der Waals surface area contributed by atoms with Crippen LogP contribution in [0.25, 0.3) is 5.69 Å². The maximum Gasteiger partial charge on any atom is 0.490 e. The van der Waals surface area contributed by atoms with E-state index in [1.807, 2.05) is 0 Å². The van der Waals surface area contributed by atoms with Crippen molar-refractivity contribution in [2.24, 2.45) is 11.8 Å². The molecule has 0 radical (unpaired) electrons. The van der Waals surface area contributed by atoms with Crippen LogP contribution in [-0.4, -0.2) is 39.8 Å². The first-order valence-electron chi connectivity index (χ1n) is 10.1. The van der Waals surface area contributed by atoms with Gasteiger partial charge in [-0.15, -0.1) is 0 Å². The molecule has 2 fully saturated rings. The number of aromatic nitrogens is 1. The Morgan fingerprint density at radius 1 is 1.00 bits per heavy atom. The summed E-state index contributed by atoms with van der Waals surface area (Å²) in [5, 5.41) is 7.12. The predicted molar refractivity (Wildman–Crippen MR) is 105 cm³/mol. The molecule has 1 N–H and O–H groups in total. The van der Waals surface area contributed by atoms with Gasteiger partial charge in [-0.1, -0.05) is 31.4 Å². The Morgan fingerprint density at radius 3 is 2.17 bits per heavy atom. The molecular weight excluding hydrogens is 381 g/mol. The smallest absolute Gasteiger partial charge is 0.475 e. The lowest BCUT2D eigenvalue weighted by Gasteiger charge is -2.41. The summed E-state index contributed by atoms with van der Waals surface area (Å²) in [6.07, 6.45) is 6.43. The van der Waals surface area contributed by atoms with E-state index >= 15 is 0 Å². The number of piperidine rings is 1. The fraction of sp³-hybridized carbons (Fsp3) is 0.500. The van der Waals surface area contributed by atoms with Crippen LogP contribution in [0.4, 0.5) is 13.2 Å². The van der Waals surface area contributed by atoms with Gasteiger partial charge < -0.3 is 9.67 Å². The fourth-order valence-corrected chi connectivity index (χ4v) is 4.36. The zero-order valence-electron chi connectivity index (χ0n) is 16.3. The highest BCUT2D eigenvalue weighted by Gasteiger charge is 2.38. The molecule has 2 aromatic rings. The van der Waals surface area contributed by atoms with Crippen LogP contribution in [0.3, 0.4) is 0 Å². The number of fused-ring (bicyclic) bond motifs is 1. The topological polar surface area (TPSA) is 45.5 Å². The number of carboxylic acids is 1. The Morgan fingerprint density at radius 2 is 1.59 bits per heavy atom. The molecule has 4 rings (SSSR count). The second kappa shape index (κ2) is 9.48. The SMILES string of the molecule is O=C(O)C(F)(F)F.c1ccn(-c2ccc(CN3CCC4CCCCC4C3)cc2)c1. The molecule has 0 bridgehead atoms. The van der Waals surface area contributed by atoms with Gasteiger partial charge in [-0.25, -0.2) is 4.79 Å². The van der Waals surface area contributed by atoms with Crippen molar-refractivity contribution in [3.05, 3.63) is 54.4 Å². The summed E-state index contributed by atoms with van der Waals surface area (Å²) < 4.78 is 33.9. The van der Waals surface area contributed by atoms with E-state index in [0.717, 1.165) is 18.4 Å². The number of carbonyl (C=O) groups is 1. The molecule has 29 heavy (non-hydrogen) atoms. The Kier molecular flexibility index (Phi) is 7.00. The van der Waals surface area contributed by atoms with E-state index in [4.69, 9.17) is 9.90 Å². The molecule has 4 nitrogen and oxygen atoms in total. The normalized spacial score (nSPS) is 22.3. The number of hydrogen-bond acceptors (Lipinski definition) is 2. The molecule has 1 aliphatic heterocycles. The number of alkyl halides is 3. The Hall–Kier alpha value is -2.28. The van der Waals surface area contributed by atoms with Crippen LogP contribution in [0.1, 0.15) is 37.7 Å². The molecule has 158 valence electrons. The van der Waals surface area contributed by atoms with Crippen LogP contribution in [0, 0.1) is 11.8 Å². The average molecular weight is 408 g/mol. The third-order valence-corrected chi connectivity index (χ3v) is 5.86. The van der Waals surface area contributed by atoms with Gasteiger partial charge in [-0.05, 0) is 61.1 Å². The molecule has 1 aromatic carbocycles. The highest BCUT2D eigenvalue weighted by Crippen LogP contribution is 2.36. The third kappa shape index (κ3) is 6.10. The minimum atomic E-state index is -5.08. The quantitative estimate of drug-likeness (QED) is 0.767. The minimum absolute atomic E-state index is 0.974. The van der Waals surface area contributed by atoms with Crippen molar-refractivity contribution in [3.63, 3.8) is 0 Å². The molecule has 7 heteroatoms. The van der Waals surface area contributed by atoms with Crippen molar-refractivity contribution in [1.29, 1.82) is 0 Å². The van der Waals surface area contributed by atoms with Crippen molar-refractivity contribution < 1.29 is 23.1 Å².